The number of benzene rings is 2. The summed E-state index contributed by atoms with van der Waals surface area (Å²) in [4.78, 5) is 11.7. The Labute approximate surface area is 136 Å². The number of aryl methyl sites for hydroxylation is 1. The fraction of sp³-hybridized carbons (Fsp3) is 0.278. The van der Waals surface area contributed by atoms with Crippen molar-refractivity contribution in [2.75, 3.05) is 18.9 Å². The molecule has 22 heavy (non-hydrogen) atoms. The SMILES string of the molecule is Cc1ccccc1OCCNC(=O)CSCc1ccccc1. The van der Waals surface area contributed by atoms with E-state index in [1.807, 2.05) is 49.4 Å². The first-order chi connectivity index (χ1) is 10.8. The monoisotopic (exact) mass is 315 g/mol. The largest absolute Gasteiger partial charge is 0.491 e. The van der Waals surface area contributed by atoms with Crippen molar-refractivity contribution in [2.24, 2.45) is 0 Å². The number of amides is 1. The van der Waals surface area contributed by atoms with Crippen molar-refractivity contribution in [1.29, 1.82) is 0 Å². The molecule has 2 aromatic carbocycles. The van der Waals surface area contributed by atoms with Crippen LogP contribution in [0.25, 0.3) is 0 Å². The van der Waals surface area contributed by atoms with Gasteiger partial charge in [0.25, 0.3) is 0 Å². The molecule has 0 saturated carbocycles. The van der Waals surface area contributed by atoms with Crippen LogP contribution < -0.4 is 10.1 Å². The molecule has 1 amide bonds. The van der Waals surface area contributed by atoms with Gasteiger partial charge in [-0.15, -0.1) is 11.8 Å². The number of para-hydroxylation sites is 1. The number of hydrogen-bond donors (Lipinski definition) is 1. The van der Waals surface area contributed by atoms with Gasteiger partial charge in [-0.1, -0.05) is 48.5 Å². The molecule has 116 valence electrons. The summed E-state index contributed by atoms with van der Waals surface area (Å²) in [7, 11) is 0. The third-order valence-corrected chi connectivity index (χ3v) is 4.12. The van der Waals surface area contributed by atoms with Crippen molar-refractivity contribution in [3.63, 3.8) is 0 Å². The van der Waals surface area contributed by atoms with Gasteiger partial charge in [-0.05, 0) is 24.1 Å². The standard InChI is InChI=1S/C18H21NO2S/c1-15-7-5-6-10-17(15)21-12-11-19-18(20)14-22-13-16-8-3-2-4-9-16/h2-10H,11-14H2,1H3,(H,19,20). The molecule has 2 aromatic rings. The number of carbonyl (C=O) groups excluding carboxylic acids is 1. The summed E-state index contributed by atoms with van der Waals surface area (Å²) in [5.41, 5.74) is 2.34. The highest BCUT2D eigenvalue weighted by Gasteiger charge is 2.02. The molecule has 2 rings (SSSR count). The summed E-state index contributed by atoms with van der Waals surface area (Å²) in [6.45, 7) is 3.02. The van der Waals surface area contributed by atoms with Crippen LogP contribution in [0.3, 0.4) is 0 Å². The molecule has 0 spiro atoms. The third-order valence-electron chi connectivity index (χ3n) is 3.12. The molecule has 0 saturated heterocycles. The van der Waals surface area contributed by atoms with Crippen LogP contribution in [0.5, 0.6) is 5.75 Å². The number of hydrogen-bond acceptors (Lipinski definition) is 3. The van der Waals surface area contributed by atoms with Crippen LogP contribution in [0.15, 0.2) is 54.6 Å². The van der Waals surface area contributed by atoms with E-state index in [-0.39, 0.29) is 5.91 Å². The minimum atomic E-state index is 0.0503. The fourth-order valence-electron chi connectivity index (χ4n) is 1.96. The molecule has 4 heteroatoms. The number of thioether (sulfide) groups is 1. The van der Waals surface area contributed by atoms with E-state index in [1.54, 1.807) is 11.8 Å². The highest BCUT2D eigenvalue weighted by atomic mass is 32.2. The van der Waals surface area contributed by atoms with Crippen LogP contribution >= 0.6 is 11.8 Å². The zero-order valence-corrected chi connectivity index (χ0v) is 13.6. The van der Waals surface area contributed by atoms with E-state index in [9.17, 15) is 4.79 Å². The van der Waals surface area contributed by atoms with Crippen LogP contribution in [-0.4, -0.2) is 24.8 Å². The van der Waals surface area contributed by atoms with Gasteiger partial charge in [0.15, 0.2) is 0 Å². The molecule has 0 unspecified atom stereocenters. The van der Waals surface area contributed by atoms with Crippen molar-refractivity contribution in [3.05, 3.63) is 65.7 Å². The first kappa shape index (κ1) is 16.4. The topological polar surface area (TPSA) is 38.3 Å². The van der Waals surface area contributed by atoms with E-state index in [2.05, 4.69) is 17.4 Å². The maximum absolute atomic E-state index is 11.7. The first-order valence-electron chi connectivity index (χ1n) is 7.32. The Kier molecular flexibility index (Phi) is 6.84. The molecule has 0 bridgehead atoms. The van der Waals surface area contributed by atoms with Crippen molar-refractivity contribution in [1.82, 2.24) is 5.32 Å². The molecule has 1 N–H and O–H groups in total. The van der Waals surface area contributed by atoms with Crippen LogP contribution in [0.1, 0.15) is 11.1 Å². The Morgan fingerprint density at radius 3 is 2.59 bits per heavy atom. The van der Waals surface area contributed by atoms with Crippen molar-refractivity contribution in [2.45, 2.75) is 12.7 Å². The first-order valence-corrected chi connectivity index (χ1v) is 8.48. The number of rotatable bonds is 8. The van der Waals surface area contributed by atoms with Gasteiger partial charge in [0.05, 0.1) is 12.3 Å². The molecule has 3 nitrogen and oxygen atoms in total. The highest BCUT2D eigenvalue weighted by Crippen LogP contribution is 2.15. The van der Waals surface area contributed by atoms with Gasteiger partial charge < -0.3 is 10.1 Å². The van der Waals surface area contributed by atoms with E-state index >= 15 is 0 Å². The van der Waals surface area contributed by atoms with Gasteiger partial charge in [-0.3, -0.25) is 4.79 Å². The van der Waals surface area contributed by atoms with Crippen molar-refractivity contribution in [3.8, 4) is 5.75 Å². The predicted octanol–water partition coefficient (Wildman–Crippen LogP) is 3.42. The summed E-state index contributed by atoms with van der Waals surface area (Å²) >= 11 is 1.62. The second-order valence-electron chi connectivity index (χ2n) is 4.94. The Balaban J connectivity index is 1.57. The second-order valence-corrected chi connectivity index (χ2v) is 5.93. The molecule has 0 aromatic heterocycles. The predicted molar refractivity (Wildman–Crippen MR) is 92.3 cm³/mol. The fourth-order valence-corrected chi connectivity index (χ4v) is 2.77. The van der Waals surface area contributed by atoms with Crippen LogP contribution in [-0.2, 0) is 10.5 Å². The molecular weight excluding hydrogens is 294 g/mol. The highest BCUT2D eigenvalue weighted by molar-refractivity contribution is 7.99. The summed E-state index contributed by atoms with van der Waals surface area (Å²) in [5.74, 6) is 2.25. The lowest BCUT2D eigenvalue weighted by Crippen LogP contribution is -2.29. The maximum atomic E-state index is 11.7. The van der Waals surface area contributed by atoms with Gasteiger partial charge in [0.1, 0.15) is 12.4 Å². The average Bonchev–Trinajstić information content (AvgIpc) is 2.54. The van der Waals surface area contributed by atoms with Crippen LogP contribution in [0.2, 0.25) is 0 Å². The summed E-state index contributed by atoms with van der Waals surface area (Å²) in [6, 6.07) is 18.0. The number of carbonyl (C=O) groups is 1. The third kappa shape index (κ3) is 5.82. The van der Waals surface area contributed by atoms with Gasteiger partial charge in [0, 0.05) is 5.75 Å². The Hall–Kier alpha value is -1.94. The van der Waals surface area contributed by atoms with Gasteiger partial charge in [0.2, 0.25) is 5.91 Å². The minimum Gasteiger partial charge on any atom is -0.491 e. The lowest BCUT2D eigenvalue weighted by molar-refractivity contribution is -0.118. The zero-order chi connectivity index (χ0) is 15.6. The van der Waals surface area contributed by atoms with Gasteiger partial charge >= 0.3 is 0 Å². The van der Waals surface area contributed by atoms with Crippen LogP contribution in [0, 0.1) is 6.92 Å². The Morgan fingerprint density at radius 1 is 1.09 bits per heavy atom. The smallest absolute Gasteiger partial charge is 0.230 e. The second kappa shape index (κ2) is 9.15. The van der Waals surface area contributed by atoms with E-state index < -0.39 is 0 Å². The average molecular weight is 315 g/mol. The molecule has 0 fully saturated rings. The van der Waals surface area contributed by atoms with E-state index in [1.165, 1.54) is 5.56 Å². The van der Waals surface area contributed by atoms with Gasteiger partial charge in [-0.2, -0.15) is 0 Å². The number of ether oxygens (including phenoxy) is 1. The van der Waals surface area contributed by atoms with Crippen LogP contribution in [0.4, 0.5) is 0 Å². The molecule has 0 atom stereocenters. The normalized spacial score (nSPS) is 10.2. The van der Waals surface area contributed by atoms with Crippen molar-refractivity contribution < 1.29 is 9.53 Å². The molecular formula is C18H21NO2S. The Morgan fingerprint density at radius 2 is 1.82 bits per heavy atom. The summed E-state index contributed by atoms with van der Waals surface area (Å²) < 4.78 is 5.64. The van der Waals surface area contributed by atoms with E-state index in [4.69, 9.17) is 4.74 Å². The quantitative estimate of drug-likeness (QED) is 0.759. The van der Waals surface area contributed by atoms with E-state index in [0.717, 1.165) is 17.1 Å². The minimum absolute atomic E-state index is 0.0503. The molecule has 0 heterocycles. The zero-order valence-electron chi connectivity index (χ0n) is 12.7. The Bertz CT molecular complexity index is 587. The maximum Gasteiger partial charge on any atom is 0.230 e. The van der Waals surface area contributed by atoms with E-state index in [0.29, 0.717) is 18.9 Å². The molecule has 0 aliphatic carbocycles. The molecule has 0 aliphatic heterocycles. The summed E-state index contributed by atoms with van der Waals surface area (Å²) in [5, 5.41) is 2.87. The lowest BCUT2D eigenvalue weighted by atomic mass is 10.2. The lowest BCUT2D eigenvalue weighted by Gasteiger charge is -2.09. The van der Waals surface area contributed by atoms with Gasteiger partial charge in [-0.25, -0.2) is 0 Å². The molecule has 0 radical (unpaired) electrons. The number of nitrogens with one attached hydrogen (secondary N) is 1. The van der Waals surface area contributed by atoms with Crippen molar-refractivity contribution >= 4 is 17.7 Å². The summed E-state index contributed by atoms with van der Waals surface area (Å²) in [6.07, 6.45) is 0. The molecule has 0 aliphatic rings.